The summed E-state index contributed by atoms with van der Waals surface area (Å²) in [6, 6.07) is 7.21. The van der Waals surface area contributed by atoms with Crippen molar-refractivity contribution in [1.82, 2.24) is 10.0 Å². The van der Waals surface area contributed by atoms with Crippen LogP contribution in [0.1, 0.15) is 37.8 Å². The van der Waals surface area contributed by atoms with Gasteiger partial charge in [-0.15, -0.1) is 0 Å². The SMILES string of the molecule is CC(C)(C)OC(=O)N[C@@H]1Cc2ccccc2[C@H]1CS(=O)(=O)NCCO. The summed E-state index contributed by atoms with van der Waals surface area (Å²) in [7, 11) is -3.58. The van der Waals surface area contributed by atoms with Crippen molar-refractivity contribution in [2.45, 2.75) is 44.8 Å². The zero-order valence-corrected chi connectivity index (χ0v) is 15.6. The molecule has 0 saturated carbocycles. The van der Waals surface area contributed by atoms with Crippen LogP contribution in [0.4, 0.5) is 4.79 Å². The number of carbonyl (C=O) groups excluding carboxylic acids is 1. The number of benzene rings is 1. The van der Waals surface area contributed by atoms with E-state index in [-0.39, 0.29) is 30.9 Å². The van der Waals surface area contributed by atoms with Crippen molar-refractivity contribution >= 4 is 16.1 Å². The largest absolute Gasteiger partial charge is 0.444 e. The van der Waals surface area contributed by atoms with Gasteiger partial charge < -0.3 is 15.2 Å². The van der Waals surface area contributed by atoms with Crippen LogP contribution in [0.25, 0.3) is 0 Å². The van der Waals surface area contributed by atoms with Gasteiger partial charge in [-0.2, -0.15) is 0 Å². The molecule has 0 fully saturated rings. The van der Waals surface area contributed by atoms with Crippen molar-refractivity contribution < 1.29 is 23.1 Å². The minimum absolute atomic E-state index is 0.0269. The molecule has 140 valence electrons. The van der Waals surface area contributed by atoms with E-state index in [2.05, 4.69) is 10.0 Å². The summed E-state index contributed by atoms with van der Waals surface area (Å²) in [4.78, 5) is 12.1. The fourth-order valence-corrected chi connectivity index (χ4v) is 4.40. The molecule has 1 amide bonds. The molecule has 0 bridgehead atoms. The summed E-state index contributed by atoms with van der Waals surface area (Å²) in [6.07, 6.45) is -0.00805. The summed E-state index contributed by atoms with van der Waals surface area (Å²) in [5, 5.41) is 11.6. The lowest BCUT2D eigenvalue weighted by atomic mass is 10.0. The molecule has 2 rings (SSSR count). The predicted molar refractivity (Wildman–Crippen MR) is 94.9 cm³/mol. The monoisotopic (exact) mass is 370 g/mol. The van der Waals surface area contributed by atoms with E-state index in [1.54, 1.807) is 20.8 Å². The lowest BCUT2D eigenvalue weighted by Gasteiger charge is -2.25. The van der Waals surface area contributed by atoms with Gasteiger partial charge >= 0.3 is 6.09 Å². The molecule has 2 atom stereocenters. The quantitative estimate of drug-likeness (QED) is 0.696. The van der Waals surface area contributed by atoms with Gasteiger partial charge in [0.25, 0.3) is 0 Å². The van der Waals surface area contributed by atoms with E-state index in [1.807, 2.05) is 24.3 Å². The van der Waals surface area contributed by atoms with Gasteiger partial charge in [0.05, 0.1) is 12.4 Å². The first-order valence-corrected chi connectivity index (χ1v) is 9.92. The molecule has 8 heteroatoms. The molecule has 0 aromatic heterocycles. The number of carbonyl (C=O) groups is 1. The van der Waals surface area contributed by atoms with Crippen molar-refractivity contribution in [2.75, 3.05) is 18.9 Å². The molecule has 1 aromatic carbocycles. The molecule has 0 saturated heterocycles. The van der Waals surface area contributed by atoms with E-state index in [9.17, 15) is 13.2 Å². The Hall–Kier alpha value is -1.64. The fraction of sp³-hybridized carbons (Fsp3) is 0.588. The standard InChI is InChI=1S/C17H26N2O5S/c1-17(2,3)24-16(21)19-15-10-12-6-4-5-7-13(12)14(15)11-25(22,23)18-8-9-20/h4-7,14-15,18,20H,8-11H2,1-3H3,(H,19,21)/t14-,15-/m1/s1. The molecule has 7 nitrogen and oxygen atoms in total. The van der Waals surface area contributed by atoms with Gasteiger partial charge in [0.2, 0.25) is 10.0 Å². The van der Waals surface area contributed by atoms with Crippen molar-refractivity contribution in [3.8, 4) is 0 Å². The maximum Gasteiger partial charge on any atom is 0.407 e. The van der Waals surface area contributed by atoms with Crippen LogP contribution in [0.15, 0.2) is 24.3 Å². The van der Waals surface area contributed by atoms with Crippen molar-refractivity contribution in [3.63, 3.8) is 0 Å². The van der Waals surface area contributed by atoms with Crippen molar-refractivity contribution in [3.05, 3.63) is 35.4 Å². The number of hydrogen-bond acceptors (Lipinski definition) is 5. The highest BCUT2D eigenvalue weighted by Crippen LogP contribution is 2.34. The van der Waals surface area contributed by atoms with E-state index in [0.717, 1.165) is 11.1 Å². The Kier molecular flexibility index (Phi) is 6.08. The number of aliphatic hydroxyl groups excluding tert-OH is 1. The fourth-order valence-electron chi connectivity index (χ4n) is 2.99. The van der Waals surface area contributed by atoms with Crippen molar-refractivity contribution in [2.24, 2.45) is 0 Å². The minimum Gasteiger partial charge on any atom is -0.444 e. The summed E-state index contributed by atoms with van der Waals surface area (Å²) in [6.45, 7) is 5.03. The first-order valence-electron chi connectivity index (χ1n) is 8.27. The molecule has 3 N–H and O–H groups in total. The number of ether oxygens (including phenoxy) is 1. The molecule has 0 heterocycles. The summed E-state index contributed by atoms with van der Waals surface area (Å²) >= 11 is 0. The Balaban J connectivity index is 2.17. The molecule has 0 radical (unpaired) electrons. The van der Waals surface area contributed by atoms with Crippen LogP contribution in [0.2, 0.25) is 0 Å². The Morgan fingerprint density at radius 1 is 1.32 bits per heavy atom. The van der Waals surface area contributed by atoms with Gasteiger partial charge in [-0.05, 0) is 38.3 Å². The molecule has 1 aromatic rings. The Morgan fingerprint density at radius 2 is 2.00 bits per heavy atom. The van der Waals surface area contributed by atoms with E-state index < -0.39 is 21.7 Å². The zero-order valence-electron chi connectivity index (χ0n) is 14.8. The smallest absolute Gasteiger partial charge is 0.407 e. The molecule has 0 spiro atoms. The summed E-state index contributed by atoms with van der Waals surface area (Å²) < 4.78 is 32.1. The van der Waals surface area contributed by atoms with Crippen LogP contribution >= 0.6 is 0 Å². The highest BCUT2D eigenvalue weighted by Gasteiger charge is 2.37. The minimum atomic E-state index is -3.58. The van der Waals surface area contributed by atoms with Gasteiger partial charge in [-0.3, -0.25) is 0 Å². The van der Waals surface area contributed by atoms with Crippen LogP contribution in [-0.2, 0) is 21.2 Å². The molecule has 25 heavy (non-hydrogen) atoms. The number of alkyl carbamates (subject to hydrolysis) is 1. The van der Waals surface area contributed by atoms with Gasteiger partial charge in [0.1, 0.15) is 5.60 Å². The zero-order chi connectivity index (χ0) is 18.7. The van der Waals surface area contributed by atoms with Crippen molar-refractivity contribution in [1.29, 1.82) is 0 Å². The molecule has 1 aliphatic rings. The second kappa shape index (κ2) is 7.72. The topological polar surface area (TPSA) is 105 Å². The third-order valence-electron chi connectivity index (χ3n) is 3.91. The maximum absolute atomic E-state index is 12.2. The second-order valence-electron chi connectivity index (χ2n) is 7.16. The summed E-state index contributed by atoms with van der Waals surface area (Å²) in [5.41, 5.74) is 1.31. The highest BCUT2D eigenvalue weighted by molar-refractivity contribution is 7.89. The number of hydrogen-bond donors (Lipinski definition) is 3. The molecular formula is C17H26N2O5S. The third-order valence-corrected chi connectivity index (χ3v) is 5.36. The summed E-state index contributed by atoms with van der Waals surface area (Å²) in [5.74, 6) is -0.537. The van der Waals surface area contributed by atoms with Crippen LogP contribution < -0.4 is 10.0 Å². The number of nitrogens with one attached hydrogen (secondary N) is 2. The normalized spacial score (nSPS) is 20.2. The molecule has 1 aliphatic carbocycles. The molecular weight excluding hydrogens is 344 g/mol. The number of fused-ring (bicyclic) bond motifs is 1. The molecule has 0 unspecified atom stereocenters. The highest BCUT2D eigenvalue weighted by atomic mass is 32.2. The van der Waals surface area contributed by atoms with Gasteiger partial charge in [0.15, 0.2) is 0 Å². The average Bonchev–Trinajstić information content (AvgIpc) is 2.80. The van der Waals surface area contributed by atoms with E-state index in [4.69, 9.17) is 9.84 Å². The number of sulfonamides is 1. The number of rotatable bonds is 6. The Bertz CT molecular complexity index is 712. The number of aliphatic hydroxyl groups is 1. The van der Waals surface area contributed by atoms with E-state index >= 15 is 0 Å². The maximum atomic E-state index is 12.2. The Morgan fingerprint density at radius 3 is 2.64 bits per heavy atom. The third kappa shape index (κ3) is 5.69. The van der Waals surface area contributed by atoms with Crippen LogP contribution in [-0.4, -0.2) is 50.2 Å². The van der Waals surface area contributed by atoms with Crippen LogP contribution in [0.3, 0.4) is 0 Å². The van der Waals surface area contributed by atoms with E-state index in [0.29, 0.717) is 6.42 Å². The lowest BCUT2D eigenvalue weighted by Crippen LogP contribution is -2.43. The first kappa shape index (κ1) is 19.7. The average molecular weight is 370 g/mol. The molecule has 0 aliphatic heterocycles. The predicted octanol–water partition coefficient (Wildman–Crippen LogP) is 1.13. The first-order chi connectivity index (χ1) is 11.6. The number of amides is 1. The van der Waals surface area contributed by atoms with Crippen LogP contribution in [0.5, 0.6) is 0 Å². The van der Waals surface area contributed by atoms with Gasteiger partial charge in [-0.25, -0.2) is 17.9 Å². The second-order valence-corrected chi connectivity index (χ2v) is 9.01. The van der Waals surface area contributed by atoms with Crippen LogP contribution in [0, 0.1) is 0 Å². The Labute approximate surface area is 148 Å². The van der Waals surface area contributed by atoms with Gasteiger partial charge in [-0.1, -0.05) is 24.3 Å². The van der Waals surface area contributed by atoms with E-state index in [1.165, 1.54) is 0 Å². The lowest BCUT2D eigenvalue weighted by molar-refractivity contribution is 0.0501. The van der Waals surface area contributed by atoms with Gasteiger partial charge in [0, 0.05) is 18.5 Å².